The van der Waals surface area contributed by atoms with Crippen molar-refractivity contribution >= 4 is 23.7 Å². The minimum absolute atomic E-state index is 0.0363. The lowest BCUT2D eigenvalue weighted by atomic mass is 10.1. The molecule has 35 heavy (non-hydrogen) atoms. The summed E-state index contributed by atoms with van der Waals surface area (Å²) in [6, 6.07) is 16.1. The van der Waals surface area contributed by atoms with Crippen LogP contribution in [0.4, 0.5) is 13.2 Å². The maximum Gasteiger partial charge on any atom is 0.416 e. The predicted molar refractivity (Wildman–Crippen MR) is 121 cm³/mol. The van der Waals surface area contributed by atoms with Gasteiger partial charge in [-0.15, -0.1) is 5.10 Å². The summed E-state index contributed by atoms with van der Waals surface area (Å²) in [5, 5.41) is 8.34. The number of para-hydroxylation sites is 1. The van der Waals surface area contributed by atoms with Crippen molar-refractivity contribution in [1.82, 2.24) is 25.2 Å². The van der Waals surface area contributed by atoms with Crippen LogP contribution in [-0.4, -0.2) is 31.9 Å². The normalized spacial score (nSPS) is 11.5. The molecule has 2 heterocycles. The predicted octanol–water partition coefficient (Wildman–Crippen LogP) is 4.68. The van der Waals surface area contributed by atoms with E-state index >= 15 is 0 Å². The second-order valence-corrected chi connectivity index (χ2v) is 7.42. The van der Waals surface area contributed by atoms with E-state index < -0.39 is 17.6 Å². The maximum atomic E-state index is 12.8. The molecule has 2 aromatic carbocycles. The zero-order valence-electron chi connectivity index (χ0n) is 17.8. The van der Waals surface area contributed by atoms with Crippen LogP contribution in [-0.2, 0) is 12.8 Å². The number of nitrogens with zero attached hydrogens (tertiary/aromatic N) is 5. The Morgan fingerprint density at radius 3 is 2.71 bits per heavy atom. The zero-order chi connectivity index (χ0) is 24.8. The van der Waals surface area contributed by atoms with Gasteiger partial charge in [0.25, 0.3) is 5.91 Å². The first kappa shape index (κ1) is 23.9. The van der Waals surface area contributed by atoms with Crippen molar-refractivity contribution in [2.45, 2.75) is 12.8 Å². The number of carbonyl (C=O) groups is 1. The Morgan fingerprint density at radius 1 is 1.11 bits per heavy atom. The molecule has 0 bridgehead atoms. The van der Waals surface area contributed by atoms with Crippen molar-refractivity contribution in [2.24, 2.45) is 5.10 Å². The van der Waals surface area contributed by atoms with Gasteiger partial charge in [0.2, 0.25) is 0 Å². The highest BCUT2D eigenvalue weighted by Crippen LogP contribution is 2.29. The lowest BCUT2D eigenvalue weighted by Gasteiger charge is -2.09. The van der Waals surface area contributed by atoms with Crippen LogP contribution < -0.4 is 10.2 Å². The Balaban J connectivity index is 1.40. The third kappa shape index (κ3) is 6.21. The maximum absolute atomic E-state index is 12.8. The molecule has 0 spiro atoms. The SMILES string of the molecule is O=C(NN=Cc1cccc(C(F)(F)F)c1)c1ccccc1OCc1ncn(-c2cccc(Cl)n2)n1. The molecule has 1 amide bonds. The first-order chi connectivity index (χ1) is 16.8. The van der Waals surface area contributed by atoms with Gasteiger partial charge in [0.1, 0.15) is 23.8 Å². The Kier molecular flexibility index (Phi) is 7.06. The van der Waals surface area contributed by atoms with Crippen molar-refractivity contribution in [2.75, 3.05) is 0 Å². The van der Waals surface area contributed by atoms with Gasteiger partial charge in [0.15, 0.2) is 11.6 Å². The van der Waals surface area contributed by atoms with Crippen LogP contribution in [0.5, 0.6) is 5.75 Å². The standard InChI is InChI=1S/C23H16ClF3N6O2/c24-19-9-4-10-21(30-19)33-14-28-20(32-33)13-35-18-8-2-1-7-17(18)22(34)31-29-12-15-5-3-6-16(11-15)23(25,26)27/h1-12,14H,13H2,(H,31,34). The van der Waals surface area contributed by atoms with Gasteiger partial charge in [-0.3, -0.25) is 4.79 Å². The molecular weight excluding hydrogens is 485 g/mol. The van der Waals surface area contributed by atoms with Gasteiger partial charge in [-0.2, -0.15) is 18.3 Å². The molecule has 0 aliphatic heterocycles. The van der Waals surface area contributed by atoms with Crippen LogP contribution in [0.25, 0.3) is 5.82 Å². The molecule has 1 N–H and O–H groups in total. The molecule has 0 radical (unpaired) electrons. The molecule has 4 rings (SSSR count). The molecule has 0 fully saturated rings. The summed E-state index contributed by atoms with van der Waals surface area (Å²) in [6.45, 7) is -0.0363. The molecule has 2 aromatic heterocycles. The lowest BCUT2D eigenvalue weighted by molar-refractivity contribution is -0.137. The Morgan fingerprint density at radius 2 is 1.91 bits per heavy atom. The number of pyridine rings is 1. The van der Waals surface area contributed by atoms with Gasteiger partial charge in [-0.05, 0) is 42.0 Å². The van der Waals surface area contributed by atoms with E-state index in [9.17, 15) is 18.0 Å². The van der Waals surface area contributed by atoms with Crippen LogP contribution in [0.15, 0.2) is 78.2 Å². The number of hydrazone groups is 1. The second kappa shape index (κ2) is 10.3. The summed E-state index contributed by atoms with van der Waals surface area (Å²) in [4.78, 5) is 20.9. The largest absolute Gasteiger partial charge is 0.485 e. The average Bonchev–Trinajstić information content (AvgIpc) is 3.32. The smallest absolute Gasteiger partial charge is 0.416 e. The van der Waals surface area contributed by atoms with Crippen LogP contribution in [0.3, 0.4) is 0 Å². The fraction of sp³-hybridized carbons (Fsp3) is 0.0870. The van der Waals surface area contributed by atoms with Crippen LogP contribution in [0.2, 0.25) is 5.15 Å². The highest BCUT2D eigenvalue weighted by Gasteiger charge is 2.30. The monoisotopic (exact) mass is 500 g/mol. The number of nitrogens with one attached hydrogen (secondary N) is 1. The van der Waals surface area contributed by atoms with E-state index in [2.05, 4.69) is 25.6 Å². The van der Waals surface area contributed by atoms with E-state index in [4.69, 9.17) is 16.3 Å². The van der Waals surface area contributed by atoms with Gasteiger partial charge >= 0.3 is 6.18 Å². The summed E-state index contributed by atoms with van der Waals surface area (Å²) in [6.07, 6.45) is -1.89. The summed E-state index contributed by atoms with van der Waals surface area (Å²) in [5.41, 5.74) is 1.83. The minimum Gasteiger partial charge on any atom is -0.485 e. The molecule has 0 aliphatic carbocycles. The van der Waals surface area contributed by atoms with E-state index in [1.807, 2.05) is 0 Å². The van der Waals surface area contributed by atoms with Gasteiger partial charge in [0, 0.05) is 0 Å². The molecule has 178 valence electrons. The fourth-order valence-electron chi connectivity index (χ4n) is 2.94. The van der Waals surface area contributed by atoms with Gasteiger partial charge in [-0.1, -0.05) is 41.9 Å². The fourth-order valence-corrected chi connectivity index (χ4v) is 3.10. The number of hydrogen-bond donors (Lipinski definition) is 1. The number of rotatable bonds is 7. The molecule has 12 heteroatoms. The Labute approximate surface area is 202 Å². The molecule has 0 unspecified atom stereocenters. The summed E-state index contributed by atoms with van der Waals surface area (Å²) >= 11 is 5.90. The topological polar surface area (TPSA) is 94.3 Å². The van der Waals surface area contributed by atoms with E-state index in [0.29, 0.717) is 16.8 Å². The number of benzene rings is 2. The Hall–Kier alpha value is -4.25. The second-order valence-electron chi connectivity index (χ2n) is 7.03. The number of carbonyl (C=O) groups excluding carboxylic acids is 1. The number of hydrogen-bond acceptors (Lipinski definition) is 6. The number of ether oxygens (including phenoxy) is 1. The number of halogens is 4. The van der Waals surface area contributed by atoms with Crippen LogP contribution in [0, 0.1) is 0 Å². The molecule has 0 saturated heterocycles. The first-order valence-electron chi connectivity index (χ1n) is 10.1. The van der Waals surface area contributed by atoms with E-state index in [1.165, 1.54) is 29.2 Å². The van der Waals surface area contributed by atoms with Gasteiger partial charge in [0.05, 0.1) is 17.3 Å². The third-order valence-electron chi connectivity index (χ3n) is 4.56. The molecule has 0 aliphatic rings. The summed E-state index contributed by atoms with van der Waals surface area (Å²) < 4.78 is 45.7. The van der Waals surface area contributed by atoms with Crippen molar-refractivity contribution in [3.05, 3.63) is 101 Å². The average molecular weight is 501 g/mol. The zero-order valence-corrected chi connectivity index (χ0v) is 18.5. The van der Waals surface area contributed by atoms with Gasteiger partial charge in [-0.25, -0.2) is 20.1 Å². The first-order valence-corrected chi connectivity index (χ1v) is 10.4. The molecule has 4 aromatic rings. The lowest BCUT2D eigenvalue weighted by Crippen LogP contribution is -2.19. The molecule has 0 saturated carbocycles. The summed E-state index contributed by atoms with van der Waals surface area (Å²) in [5.74, 6) is 0.459. The summed E-state index contributed by atoms with van der Waals surface area (Å²) in [7, 11) is 0. The van der Waals surface area contributed by atoms with E-state index in [-0.39, 0.29) is 23.5 Å². The van der Waals surface area contributed by atoms with Gasteiger partial charge < -0.3 is 4.74 Å². The van der Waals surface area contributed by atoms with Crippen molar-refractivity contribution in [3.63, 3.8) is 0 Å². The number of aromatic nitrogens is 4. The number of amides is 1. The van der Waals surface area contributed by atoms with Crippen molar-refractivity contribution < 1.29 is 22.7 Å². The Bertz CT molecular complexity index is 1370. The van der Waals surface area contributed by atoms with E-state index in [1.54, 1.807) is 36.4 Å². The third-order valence-corrected chi connectivity index (χ3v) is 4.77. The van der Waals surface area contributed by atoms with E-state index in [0.717, 1.165) is 18.3 Å². The highest BCUT2D eigenvalue weighted by atomic mass is 35.5. The number of alkyl halides is 3. The molecular formula is C23H16ClF3N6O2. The van der Waals surface area contributed by atoms with Crippen LogP contribution >= 0.6 is 11.6 Å². The minimum atomic E-state index is -4.47. The highest BCUT2D eigenvalue weighted by molar-refractivity contribution is 6.29. The van der Waals surface area contributed by atoms with Crippen LogP contribution in [0.1, 0.15) is 27.3 Å². The quantitative estimate of drug-likeness (QED) is 0.226. The molecule has 8 nitrogen and oxygen atoms in total. The van der Waals surface area contributed by atoms with Crippen molar-refractivity contribution in [3.8, 4) is 11.6 Å². The molecule has 0 atom stereocenters. The van der Waals surface area contributed by atoms with Crippen molar-refractivity contribution in [1.29, 1.82) is 0 Å².